The minimum Gasteiger partial charge on any atom is -0.337 e. The Morgan fingerprint density at radius 1 is 1.26 bits per heavy atom. The molecule has 0 radical (unpaired) electrons. The van der Waals surface area contributed by atoms with Crippen LogP contribution in [0, 0.1) is 6.92 Å². The first-order chi connectivity index (χ1) is 13.1. The van der Waals surface area contributed by atoms with Crippen molar-refractivity contribution < 1.29 is 9.32 Å². The Labute approximate surface area is 163 Å². The first-order valence-electron chi connectivity index (χ1n) is 9.05. The maximum absolute atomic E-state index is 12.9. The van der Waals surface area contributed by atoms with E-state index in [1.54, 1.807) is 12.1 Å². The molecule has 27 heavy (non-hydrogen) atoms. The highest BCUT2D eigenvalue weighted by Crippen LogP contribution is 2.33. The molecule has 2 aromatic carbocycles. The van der Waals surface area contributed by atoms with Crippen LogP contribution in [0.25, 0.3) is 11.4 Å². The van der Waals surface area contributed by atoms with Crippen LogP contribution in [-0.2, 0) is 11.2 Å². The molecule has 0 saturated carbocycles. The van der Waals surface area contributed by atoms with E-state index >= 15 is 0 Å². The predicted octanol–water partition coefficient (Wildman–Crippen LogP) is 4.60. The van der Waals surface area contributed by atoms with Gasteiger partial charge >= 0.3 is 0 Å². The van der Waals surface area contributed by atoms with E-state index in [4.69, 9.17) is 16.1 Å². The first-order valence-corrected chi connectivity index (χ1v) is 9.43. The molecule has 5 nitrogen and oxygen atoms in total. The number of hydrogen-bond acceptors (Lipinski definition) is 4. The normalized spacial score (nSPS) is 16.7. The van der Waals surface area contributed by atoms with Crippen molar-refractivity contribution >= 4 is 17.5 Å². The Hall–Kier alpha value is -2.66. The van der Waals surface area contributed by atoms with Gasteiger partial charge in [0.15, 0.2) is 0 Å². The quantitative estimate of drug-likeness (QED) is 0.662. The fourth-order valence-corrected chi connectivity index (χ4v) is 3.70. The number of hydrogen-bond donors (Lipinski definition) is 0. The zero-order valence-electron chi connectivity index (χ0n) is 15.1. The van der Waals surface area contributed by atoms with Gasteiger partial charge in [-0.15, -0.1) is 0 Å². The van der Waals surface area contributed by atoms with Gasteiger partial charge in [0.2, 0.25) is 17.6 Å². The van der Waals surface area contributed by atoms with Crippen LogP contribution < -0.4 is 0 Å². The number of amides is 1. The van der Waals surface area contributed by atoms with Gasteiger partial charge in [-0.25, -0.2) is 0 Å². The Kier molecular flexibility index (Phi) is 4.94. The smallest absolute Gasteiger partial charge is 0.249 e. The molecule has 1 aromatic heterocycles. The van der Waals surface area contributed by atoms with E-state index in [-0.39, 0.29) is 11.9 Å². The summed E-state index contributed by atoms with van der Waals surface area (Å²) in [6.45, 7) is 2.74. The second-order valence-electron chi connectivity index (χ2n) is 6.81. The number of aromatic nitrogens is 2. The molecule has 1 amide bonds. The second kappa shape index (κ2) is 7.53. The van der Waals surface area contributed by atoms with Gasteiger partial charge in [0.25, 0.3) is 0 Å². The molecule has 1 aliphatic heterocycles. The highest BCUT2D eigenvalue weighted by atomic mass is 35.5. The summed E-state index contributed by atoms with van der Waals surface area (Å²) in [5.74, 6) is 1.07. The third-order valence-electron chi connectivity index (χ3n) is 4.99. The number of carbonyl (C=O) groups is 1. The Morgan fingerprint density at radius 2 is 2.11 bits per heavy atom. The van der Waals surface area contributed by atoms with Gasteiger partial charge in [0.05, 0.1) is 6.42 Å². The Balaban J connectivity index is 1.53. The topological polar surface area (TPSA) is 59.2 Å². The number of benzene rings is 2. The minimum absolute atomic E-state index is 0.0919. The minimum atomic E-state index is -0.165. The fraction of sp³-hybridized carbons (Fsp3) is 0.286. The predicted molar refractivity (Wildman–Crippen MR) is 103 cm³/mol. The van der Waals surface area contributed by atoms with Gasteiger partial charge in [0, 0.05) is 17.1 Å². The van der Waals surface area contributed by atoms with Crippen LogP contribution in [0.2, 0.25) is 5.02 Å². The van der Waals surface area contributed by atoms with Gasteiger partial charge in [-0.1, -0.05) is 53.2 Å². The molecule has 1 saturated heterocycles. The average molecular weight is 382 g/mol. The molecule has 6 heteroatoms. The molecule has 1 fully saturated rings. The molecule has 1 atom stereocenters. The molecule has 0 spiro atoms. The van der Waals surface area contributed by atoms with E-state index in [0.29, 0.717) is 29.7 Å². The van der Waals surface area contributed by atoms with Crippen LogP contribution in [0.5, 0.6) is 0 Å². The summed E-state index contributed by atoms with van der Waals surface area (Å²) in [6, 6.07) is 15.1. The molecule has 0 unspecified atom stereocenters. The summed E-state index contributed by atoms with van der Waals surface area (Å²) in [6.07, 6.45) is 2.15. The van der Waals surface area contributed by atoms with Gasteiger partial charge in [-0.2, -0.15) is 4.98 Å². The molecule has 138 valence electrons. The van der Waals surface area contributed by atoms with Crippen LogP contribution in [-0.4, -0.2) is 27.5 Å². The van der Waals surface area contributed by atoms with Gasteiger partial charge in [-0.3, -0.25) is 4.79 Å². The number of likely N-dealkylation sites (tertiary alicyclic amines) is 1. The lowest BCUT2D eigenvalue weighted by molar-refractivity contribution is -0.131. The van der Waals surface area contributed by atoms with Crippen molar-refractivity contribution in [2.24, 2.45) is 0 Å². The van der Waals surface area contributed by atoms with E-state index in [1.807, 2.05) is 48.2 Å². The number of nitrogens with zero attached hydrogens (tertiary/aromatic N) is 3. The third-order valence-corrected chi connectivity index (χ3v) is 5.22. The first kappa shape index (κ1) is 17.7. The SMILES string of the molecule is Cc1ccccc1CC(=O)N1CCC[C@@H]1c1nc(-c2cccc(Cl)c2)no1. The van der Waals surface area contributed by atoms with E-state index in [0.717, 1.165) is 29.5 Å². The van der Waals surface area contributed by atoms with Crippen molar-refractivity contribution in [1.82, 2.24) is 15.0 Å². The van der Waals surface area contributed by atoms with E-state index < -0.39 is 0 Å². The maximum Gasteiger partial charge on any atom is 0.249 e. The summed E-state index contributed by atoms with van der Waals surface area (Å²) < 4.78 is 5.50. The highest BCUT2D eigenvalue weighted by Gasteiger charge is 2.34. The van der Waals surface area contributed by atoms with Crippen molar-refractivity contribution in [2.75, 3.05) is 6.54 Å². The largest absolute Gasteiger partial charge is 0.337 e. The lowest BCUT2D eigenvalue weighted by Crippen LogP contribution is -2.32. The average Bonchev–Trinajstić information content (AvgIpc) is 3.33. The molecule has 0 bridgehead atoms. The van der Waals surface area contributed by atoms with Crippen LogP contribution >= 0.6 is 11.6 Å². The Bertz CT molecular complexity index is 969. The lowest BCUT2D eigenvalue weighted by Gasteiger charge is -2.22. The number of rotatable bonds is 4. The number of halogens is 1. The zero-order valence-corrected chi connectivity index (χ0v) is 15.8. The van der Waals surface area contributed by atoms with Crippen LogP contribution in [0.4, 0.5) is 0 Å². The standard InChI is InChI=1S/C21H20ClN3O2/c1-14-6-2-3-7-15(14)13-19(26)25-11-5-10-18(25)21-23-20(24-27-21)16-8-4-9-17(22)12-16/h2-4,6-9,12,18H,5,10-11,13H2,1H3/t18-/m1/s1. The van der Waals surface area contributed by atoms with Gasteiger partial charge in [0.1, 0.15) is 6.04 Å². The molecule has 3 aromatic rings. The third kappa shape index (κ3) is 3.74. The summed E-state index contributed by atoms with van der Waals surface area (Å²) in [4.78, 5) is 19.3. The van der Waals surface area contributed by atoms with Crippen molar-refractivity contribution in [3.8, 4) is 11.4 Å². The van der Waals surface area contributed by atoms with E-state index in [1.165, 1.54) is 0 Å². The van der Waals surface area contributed by atoms with Crippen LogP contribution in [0.3, 0.4) is 0 Å². The summed E-state index contributed by atoms with van der Waals surface area (Å²) in [5, 5.41) is 4.70. The van der Waals surface area contributed by atoms with Gasteiger partial charge < -0.3 is 9.42 Å². The van der Waals surface area contributed by atoms with E-state index in [2.05, 4.69) is 10.1 Å². The highest BCUT2D eigenvalue weighted by molar-refractivity contribution is 6.30. The zero-order chi connectivity index (χ0) is 18.8. The van der Waals surface area contributed by atoms with E-state index in [9.17, 15) is 4.79 Å². The van der Waals surface area contributed by atoms with Crippen molar-refractivity contribution in [1.29, 1.82) is 0 Å². The van der Waals surface area contributed by atoms with Crippen molar-refractivity contribution in [3.63, 3.8) is 0 Å². The monoisotopic (exact) mass is 381 g/mol. The summed E-state index contributed by atoms with van der Waals surface area (Å²) in [7, 11) is 0. The molecule has 0 N–H and O–H groups in total. The molecule has 2 heterocycles. The summed E-state index contributed by atoms with van der Waals surface area (Å²) >= 11 is 6.04. The van der Waals surface area contributed by atoms with Crippen LogP contribution in [0.1, 0.15) is 35.9 Å². The number of aryl methyl sites for hydroxylation is 1. The molecular weight excluding hydrogens is 362 g/mol. The summed E-state index contributed by atoms with van der Waals surface area (Å²) in [5.41, 5.74) is 2.98. The van der Waals surface area contributed by atoms with Crippen molar-refractivity contribution in [3.05, 3.63) is 70.6 Å². The number of carbonyl (C=O) groups excluding carboxylic acids is 1. The van der Waals surface area contributed by atoms with Gasteiger partial charge in [-0.05, 0) is 43.0 Å². The molecule has 4 rings (SSSR count). The lowest BCUT2D eigenvalue weighted by atomic mass is 10.1. The van der Waals surface area contributed by atoms with Crippen LogP contribution in [0.15, 0.2) is 53.1 Å². The fourth-order valence-electron chi connectivity index (χ4n) is 3.51. The maximum atomic E-state index is 12.9. The molecule has 0 aliphatic carbocycles. The molecule has 1 aliphatic rings. The molecular formula is C21H20ClN3O2. The van der Waals surface area contributed by atoms with Crippen molar-refractivity contribution in [2.45, 2.75) is 32.2 Å². The Morgan fingerprint density at radius 3 is 2.93 bits per heavy atom. The second-order valence-corrected chi connectivity index (χ2v) is 7.25.